The molecule has 0 unspecified atom stereocenters. The lowest BCUT2D eigenvalue weighted by atomic mass is 10.2. The Balaban J connectivity index is 1.53. The van der Waals surface area contributed by atoms with Gasteiger partial charge in [0.15, 0.2) is 0 Å². The van der Waals surface area contributed by atoms with Crippen molar-refractivity contribution in [2.45, 2.75) is 0 Å². The Morgan fingerprint density at radius 3 is 2.13 bits per heavy atom. The number of hydrogen-bond donors (Lipinski definition) is 1. The molecular formula is C23H17ClN2O4. The van der Waals surface area contributed by atoms with Crippen molar-refractivity contribution in [3.8, 4) is 17.2 Å². The molecule has 2 amide bonds. The van der Waals surface area contributed by atoms with Gasteiger partial charge in [0, 0.05) is 5.69 Å². The summed E-state index contributed by atoms with van der Waals surface area (Å²) >= 11 is 6.19. The van der Waals surface area contributed by atoms with E-state index in [9.17, 15) is 9.59 Å². The topological polar surface area (TPSA) is 67.9 Å². The average molecular weight is 421 g/mol. The Morgan fingerprint density at radius 1 is 0.800 bits per heavy atom. The SMILES string of the molecule is COc1ccccc1N1C(=O)C(Cl)=C(Nc2ccc(Oc3ccccc3)cc2)C1=O. The summed E-state index contributed by atoms with van der Waals surface area (Å²) < 4.78 is 11.0. The number of halogens is 1. The minimum Gasteiger partial charge on any atom is -0.495 e. The van der Waals surface area contributed by atoms with Crippen molar-refractivity contribution in [1.82, 2.24) is 0 Å². The maximum absolute atomic E-state index is 12.9. The number of anilines is 2. The first-order valence-corrected chi connectivity index (χ1v) is 9.48. The van der Waals surface area contributed by atoms with Gasteiger partial charge in [-0.25, -0.2) is 4.90 Å². The van der Waals surface area contributed by atoms with Crippen molar-refractivity contribution in [1.29, 1.82) is 0 Å². The molecule has 1 heterocycles. The van der Waals surface area contributed by atoms with Gasteiger partial charge in [-0.05, 0) is 48.5 Å². The first-order valence-electron chi connectivity index (χ1n) is 9.10. The molecule has 0 saturated heterocycles. The molecule has 0 aromatic heterocycles. The van der Waals surface area contributed by atoms with Gasteiger partial charge in [0.1, 0.15) is 28.0 Å². The molecule has 30 heavy (non-hydrogen) atoms. The molecule has 0 spiro atoms. The molecule has 0 saturated carbocycles. The van der Waals surface area contributed by atoms with Crippen molar-refractivity contribution in [3.05, 3.63) is 89.6 Å². The van der Waals surface area contributed by atoms with Crippen LogP contribution in [0.5, 0.6) is 17.2 Å². The number of rotatable bonds is 6. The second-order valence-electron chi connectivity index (χ2n) is 6.37. The van der Waals surface area contributed by atoms with Crippen LogP contribution in [0.3, 0.4) is 0 Å². The number of imide groups is 1. The minimum absolute atomic E-state index is 0.00398. The standard InChI is InChI=1S/C23H17ClN2O4/c1-29-19-10-6-5-9-18(19)26-22(27)20(24)21(23(26)28)25-15-11-13-17(14-12-15)30-16-7-3-2-4-8-16/h2-14,25H,1H3. The van der Waals surface area contributed by atoms with Crippen LogP contribution in [0, 0.1) is 0 Å². The minimum atomic E-state index is -0.613. The fourth-order valence-corrected chi connectivity index (χ4v) is 3.23. The van der Waals surface area contributed by atoms with E-state index in [-0.39, 0.29) is 10.7 Å². The number of carbonyl (C=O) groups is 2. The summed E-state index contributed by atoms with van der Waals surface area (Å²) in [6, 6.07) is 23.1. The molecular weight excluding hydrogens is 404 g/mol. The zero-order valence-electron chi connectivity index (χ0n) is 16.0. The lowest BCUT2D eigenvalue weighted by molar-refractivity contribution is -0.120. The van der Waals surface area contributed by atoms with Crippen LogP contribution < -0.4 is 19.7 Å². The van der Waals surface area contributed by atoms with Gasteiger partial charge in [0.2, 0.25) is 0 Å². The van der Waals surface area contributed by atoms with Crippen LogP contribution in [0.15, 0.2) is 89.6 Å². The van der Waals surface area contributed by atoms with Crippen LogP contribution in [-0.4, -0.2) is 18.9 Å². The third-order valence-corrected chi connectivity index (χ3v) is 4.81. The quantitative estimate of drug-likeness (QED) is 0.573. The highest BCUT2D eigenvalue weighted by molar-refractivity contribution is 6.53. The first kappa shape index (κ1) is 19.5. The van der Waals surface area contributed by atoms with Gasteiger partial charge in [-0.15, -0.1) is 0 Å². The number of benzene rings is 3. The van der Waals surface area contributed by atoms with E-state index in [4.69, 9.17) is 21.1 Å². The number of nitrogens with zero attached hydrogens (tertiary/aromatic N) is 1. The van der Waals surface area contributed by atoms with Crippen molar-refractivity contribution in [2.24, 2.45) is 0 Å². The third kappa shape index (κ3) is 3.73. The molecule has 3 aromatic carbocycles. The number of ether oxygens (including phenoxy) is 2. The van der Waals surface area contributed by atoms with E-state index in [0.29, 0.717) is 28.6 Å². The molecule has 0 atom stereocenters. The maximum atomic E-state index is 12.9. The molecule has 0 radical (unpaired) electrons. The summed E-state index contributed by atoms with van der Waals surface area (Å²) in [5, 5.41) is 2.75. The molecule has 0 fully saturated rings. The van der Waals surface area contributed by atoms with E-state index in [1.54, 1.807) is 48.5 Å². The maximum Gasteiger partial charge on any atom is 0.283 e. The number of nitrogens with one attached hydrogen (secondary N) is 1. The second-order valence-corrected chi connectivity index (χ2v) is 6.75. The Kier molecular flexibility index (Phi) is 5.41. The average Bonchev–Trinajstić information content (AvgIpc) is 2.99. The van der Waals surface area contributed by atoms with Gasteiger partial charge in [-0.2, -0.15) is 0 Å². The highest BCUT2D eigenvalue weighted by atomic mass is 35.5. The van der Waals surface area contributed by atoms with Gasteiger partial charge in [-0.3, -0.25) is 9.59 Å². The lowest BCUT2D eigenvalue weighted by Crippen LogP contribution is -2.32. The van der Waals surface area contributed by atoms with E-state index in [2.05, 4.69) is 5.32 Å². The van der Waals surface area contributed by atoms with Crippen molar-refractivity contribution in [3.63, 3.8) is 0 Å². The Bertz CT molecular complexity index is 1130. The van der Waals surface area contributed by atoms with Crippen LogP contribution in [0.2, 0.25) is 0 Å². The highest BCUT2D eigenvalue weighted by Gasteiger charge is 2.40. The van der Waals surface area contributed by atoms with Gasteiger partial charge >= 0.3 is 0 Å². The van der Waals surface area contributed by atoms with Crippen LogP contribution in [0.4, 0.5) is 11.4 Å². The Labute approximate surface area is 178 Å². The number of carbonyl (C=O) groups excluding carboxylic acids is 2. The van der Waals surface area contributed by atoms with Crippen molar-refractivity contribution in [2.75, 3.05) is 17.3 Å². The smallest absolute Gasteiger partial charge is 0.283 e. The predicted molar refractivity (Wildman–Crippen MR) is 115 cm³/mol. The van der Waals surface area contributed by atoms with Crippen LogP contribution >= 0.6 is 11.6 Å². The summed E-state index contributed by atoms with van der Waals surface area (Å²) in [5.74, 6) is 0.577. The van der Waals surface area contributed by atoms with Gasteiger partial charge < -0.3 is 14.8 Å². The summed E-state index contributed by atoms with van der Waals surface area (Å²) in [4.78, 5) is 26.6. The fourth-order valence-electron chi connectivity index (χ4n) is 3.02. The lowest BCUT2D eigenvalue weighted by Gasteiger charge is -2.17. The number of methoxy groups -OCH3 is 1. The van der Waals surface area contributed by atoms with E-state index in [1.165, 1.54) is 7.11 Å². The highest BCUT2D eigenvalue weighted by Crippen LogP contribution is 2.35. The Hall–Kier alpha value is -3.77. The molecule has 4 rings (SSSR count). The van der Waals surface area contributed by atoms with Crippen LogP contribution in [-0.2, 0) is 9.59 Å². The van der Waals surface area contributed by atoms with Gasteiger partial charge in [0.05, 0.1) is 12.8 Å². The summed E-state index contributed by atoms with van der Waals surface area (Å²) in [6.45, 7) is 0. The van der Waals surface area contributed by atoms with Crippen molar-refractivity contribution < 1.29 is 19.1 Å². The van der Waals surface area contributed by atoms with Gasteiger partial charge in [-0.1, -0.05) is 41.9 Å². The molecule has 6 nitrogen and oxygen atoms in total. The summed E-state index contributed by atoms with van der Waals surface area (Å²) in [5.41, 5.74) is 0.924. The number of amides is 2. The number of para-hydroxylation sites is 3. The fraction of sp³-hybridized carbons (Fsp3) is 0.0435. The van der Waals surface area contributed by atoms with Gasteiger partial charge in [0.25, 0.3) is 11.8 Å². The monoisotopic (exact) mass is 420 g/mol. The zero-order chi connectivity index (χ0) is 21.1. The van der Waals surface area contributed by atoms with E-state index in [0.717, 1.165) is 4.90 Å². The molecule has 1 N–H and O–H groups in total. The normalized spacial score (nSPS) is 13.6. The predicted octanol–water partition coefficient (Wildman–Crippen LogP) is 4.92. The summed E-state index contributed by atoms with van der Waals surface area (Å²) in [6.07, 6.45) is 0. The van der Waals surface area contributed by atoms with E-state index in [1.807, 2.05) is 30.3 Å². The third-order valence-electron chi connectivity index (χ3n) is 4.46. The zero-order valence-corrected chi connectivity index (χ0v) is 16.7. The second kappa shape index (κ2) is 8.31. The molecule has 1 aliphatic heterocycles. The largest absolute Gasteiger partial charge is 0.495 e. The van der Waals surface area contributed by atoms with Crippen molar-refractivity contribution >= 4 is 34.8 Å². The van der Waals surface area contributed by atoms with E-state index < -0.39 is 11.8 Å². The summed E-state index contributed by atoms with van der Waals surface area (Å²) in [7, 11) is 1.47. The molecule has 7 heteroatoms. The van der Waals surface area contributed by atoms with E-state index >= 15 is 0 Å². The molecule has 3 aromatic rings. The van der Waals surface area contributed by atoms with Crippen LogP contribution in [0.1, 0.15) is 0 Å². The van der Waals surface area contributed by atoms with Crippen LogP contribution in [0.25, 0.3) is 0 Å². The molecule has 1 aliphatic rings. The number of hydrogen-bond acceptors (Lipinski definition) is 5. The molecule has 0 bridgehead atoms. The molecule has 0 aliphatic carbocycles. The first-order chi connectivity index (χ1) is 14.6. The molecule has 150 valence electrons. The Morgan fingerprint density at radius 2 is 1.43 bits per heavy atom.